The second kappa shape index (κ2) is 52.7. The number of hydrogen-bond donors (Lipinski definition) is 28. The normalized spacial score (nSPS) is 19.5. The average molecular weight is 1860 g/mol. The van der Waals surface area contributed by atoms with Crippen LogP contribution in [-0.2, 0) is 107 Å². The molecule has 4 saturated heterocycles. The van der Waals surface area contributed by atoms with Crippen LogP contribution in [0.25, 0.3) is 0 Å². The van der Waals surface area contributed by atoms with E-state index in [1.165, 1.54) is 65.9 Å². The van der Waals surface area contributed by atoms with Crippen molar-refractivity contribution in [2.75, 3.05) is 65.6 Å². The van der Waals surface area contributed by atoms with Gasteiger partial charge in [-0.1, -0.05) is 13.8 Å². The number of aliphatic carboxylic acids is 2. The van der Waals surface area contributed by atoms with Crippen LogP contribution in [0.15, 0.2) is 12.5 Å². The molecule has 5 rings (SSSR count). The number of amides is 19. The van der Waals surface area contributed by atoms with Gasteiger partial charge in [-0.25, -0.2) is 9.78 Å². The van der Waals surface area contributed by atoms with Crippen LogP contribution in [0, 0.1) is 11.3 Å². The first-order valence-corrected chi connectivity index (χ1v) is 42.9. The molecule has 1 aromatic heterocycles. The molecule has 5 heterocycles. The summed E-state index contributed by atoms with van der Waals surface area (Å²) < 4.78 is 0. The van der Waals surface area contributed by atoms with E-state index in [4.69, 9.17) is 11.1 Å². The van der Waals surface area contributed by atoms with Crippen molar-refractivity contribution in [3.05, 3.63) is 18.2 Å². The van der Waals surface area contributed by atoms with Gasteiger partial charge in [0, 0.05) is 50.9 Å². The van der Waals surface area contributed by atoms with Crippen LogP contribution in [0.1, 0.15) is 145 Å². The van der Waals surface area contributed by atoms with E-state index >= 15 is 0 Å². The maximum absolute atomic E-state index is 13.9. The van der Waals surface area contributed by atoms with Gasteiger partial charge in [-0.2, -0.15) is 0 Å². The Labute approximate surface area is 751 Å². The number of aliphatic hydroxyl groups is 5. The van der Waals surface area contributed by atoms with E-state index in [-0.39, 0.29) is 83.5 Å². The minimum Gasteiger partial charge on any atom is -0.481 e. The fourth-order valence-electron chi connectivity index (χ4n) is 14.4. The van der Waals surface area contributed by atoms with Gasteiger partial charge in [-0.15, -0.1) is 0 Å². The Morgan fingerprint density at radius 1 is 0.435 bits per heavy atom. The second-order valence-electron chi connectivity index (χ2n) is 32.6. The number of hydrogen-bond acceptors (Lipinski definition) is 29. The van der Waals surface area contributed by atoms with Crippen molar-refractivity contribution in [3.8, 4) is 0 Å². The highest BCUT2D eigenvalue weighted by atomic mass is 16.4. The molecule has 19 amide bonds. The van der Waals surface area contributed by atoms with Crippen molar-refractivity contribution in [1.82, 2.24) is 120 Å². The summed E-state index contributed by atoms with van der Waals surface area (Å²) in [5.41, 5.74) is 5.53. The number of imidazole rings is 1. The van der Waals surface area contributed by atoms with E-state index in [9.17, 15) is 136 Å². The summed E-state index contributed by atoms with van der Waals surface area (Å²) >= 11 is 0. The van der Waals surface area contributed by atoms with Gasteiger partial charge in [0.1, 0.15) is 103 Å². The lowest BCUT2D eigenvalue weighted by Crippen LogP contribution is -2.62. The topological polar surface area (TPSA) is 805 Å². The number of aromatic amines is 1. The predicted octanol–water partition coefficient (Wildman–Crippen LogP) is -13.6. The molecule has 1 aromatic rings. The zero-order valence-corrected chi connectivity index (χ0v) is 74.1. The van der Waals surface area contributed by atoms with Gasteiger partial charge in [0.25, 0.3) is 0 Å². The van der Waals surface area contributed by atoms with Gasteiger partial charge in [0.05, 0.1) is 57.5 Å². The molecule has 0 bridgehead atoms. The molecule has 4 fully saturated rings. The molecule has 0 unspecified atom stereocenters. The fourth-order valence-corrected chi connectivity index (χ4v) is 14.4. The van der Waals surface area contributed by atoms with E-state index in [1.807, 2.05) is 0 Å². The molecule has 0 aromatic carbocycles. The number of carboxylic acid groups (broad SMARTS) is 2. The Kier molecular flexibility index (Phi) is 43.7. The fraction of sp³-hybridized carbons (Fsp3) is 0.679. The molecule has 53 nitrogen and oxygen atoms in total. The molecule has 53 heteroatoms. The molecule has 4 aliphatic heterocycles. The van der Waals surface area contributed by atoms with E-state index in [2.05, 4.69) is 106 Å². The van der Waals surface area contributed by atoms with Crippen LogP contribution < -0.4 is 101 Å². The number of carbonyl (C=O) groups is 21. The highest BCUT2D eigenvalue weighted by Gasteiger charge is 2.44. The molecule has 29 N–H and O–H groups in total. The SMILES string of the molecule is CC(C)[C@H](NC(=O)CNC(=O)[C@H](Cc1cnc[nH]1)NC(=O)[C@H](C)NC(=O)[C@H](C)NC(=O)[C@@H]1CCCN1C(=O)[C@H](C)NC(=O)[C@@H](NC(=O)[C@H](CO)NC(=O)CNC(=O)[C@@H]1CCCN1C(=O)[C@H](C)NC(=O)[C@@H]1CCCN1)[C@@H](C)O)C(=O)N[C@H](C(=O)N[C@@H](CO)C(=O)N[C@@H](C)C(=O)N1CCC[C@H]1C(=O)N[C@@H](CCC(=O)O)C(=O)N[C@@H](CO)C(=O)N[C@@H](CCCNC(=N)N)C(=O)O)[C@@H](C)O. The standard InChI is InChI=1S/C78H125N25O28/c1-35(2)57(71(124)100-59(42(9)108)73(126)97-49(32-105)65(118)90-39(6)75(128)103-26-14-19-53(103)70(123)93-45(20-21-56(111)112)64(117)96-50(33-106)66(119)94-46(77(130)131)16-11-23-83-78(79)80)98-55(110)30-84-62(115)47(27-43-28-81-34-86-43)95-61(114)37(4)87-60(113)36(3)88-69(122)52-18-13-25-102(52)76(129)40(7)91-72(125)58(41(8)107)99-67(120)48(31-104)92-54(109)29-85-68(121)51-17-12-24-101(51)74(127)38(5)89-63(116)44-15-10-22-82-44/h28,34-42,44-53,57-59,82,104-108H,10-27,29-33H2,1-9H3,(H,81,86)(H,84,115)(H,85,121)(H,87,113)(H,88,122)(H,89,116)(H,90,118)(H,91,125)(H,92,109)(H,93,123)(H,94,119)(H,95,114)(H,96,117)(H,97,126)(H,98,110)(H,99,120)(H,100,124)(H,111,112)(H,130,131)(H4,79,80,83)/t36-,37-,38-,39-,40-,41+,42+,44-,45-,46-,47-,48-,49-,50-,51-,52-,53-,57-,58-,59-/m0/s1. The minimum absolute atomic E-state index is 0.00645. The summed E-state index contributed by atoms with van der Waals surface area (Å²) in [7, 11) is 0. The number of likely N-dealkylation sites (tertiary alicyclic amines) is 3. The number of aliphatic hydroxyl groups excluding tert-OH is 5. The van der Waals surface area contributed by atoms with Gasteiger partial charge >= 0.3 is 11.9 Å². The molecule has 0 saturated carbocycles. The molecule has 131 heavy (non-hydrogen) atoms. The Hall–Kier alpha value is -12.9. The first kappa shape index (κ1) is 109. The van der Waals surface area contributed by atoms with E-state index < -0.39 is 297 Å². The largest absolute Gasteiger partial charge is 0.481 e. The van der Waals surface area contributed by atoms with Crippen molar-refractivity contribution < 1.29 is 136 Å². The Morgan fingerprint density at radius 2 is 0.855 bits per heavy atom. The van der Waals surface area contributed by atoms with Crippen LogP contribution in [-0.4, -0.2) is 377 Å². The van der Waals surface area contributed by atoms with E-state index in [0.29, 0.717) is 25.1 Å². The number of H-pyrrole nitrogens is 1. The first-order valence-electron chi connectivity index (χ1n) is 42.9. The number of nitrogens with two attached hydrogens (primary N) is 1. The van der Waals surface area contributed by atoms with Crippen molar-refractivity contribution in [2.24, 2.45) is 11.7 Å². The summed E-state index contributed by atoms with van der Waals surface area (Å²) in [4.78, 5) is 291. The molecular formula is C78H125N25O28. The molecule has 0 spiro atoms. The van der Waals surface area contributed by atoms with E-state index in [1.54, 1.807) is 0 Å². The molecule has 730 valence electrons. The number of nitrogens with zero attached hydrogens (tertiary/aromatic N) is 4. The Morgan fingerprint density at radius 3 is 1.35 bits per heavy atom. The van der Waals surface area contributed by atoms with Gasteiger partial charge in [0.2, 0.25) is 112 Å². The Balaban J connectivity index is 1.09. The van der Waals surface area contributed by atoms with Gasteiger partial charge in [-0.05, 0) is 132 Å². The number of nitrogens with one attached hydrogen (secondary N) is 20. The zero-order chi connectivity index (χ0) is 98.0. The highest BCUT2D eigenvalue weighted by Crippen LogP contribution is 2.23. The van der Waals surface area contributed by atoms with Crippen LogP contribution in [0.2, 0.25) is 0 Å². The van der Waals surface area contributed by atoms with Crippen LogP contribution in [0.4, 0.5) is 0 Å². The highest BCUT2D eigenvalue weighted by molar-refractivity contribution is 6.02. The maximum atomic E-state index is 13.9. The lowest BCUT2D eigenvalue weighted by molar-refractivity contribution is -0.143. The molecule has 20 atom stereocenters. The Bertz CT molecular complexity index is 4250. The molecule has 0 radical (unpaired) electrons. The molecule has 4 aliphatic rings. The van der Waals surface area contributed by atoms with Gasteiger partial charge < -0.3 is 157 Å². The number of aromatic nitrogens is 2. The summed E-state index contributed by atoms with van der Waals surface area (Å²) in [5, 5.41) is 121. The average Bonchev–Trinajstić information content (AvgIpc) is 1.63. The monoisotopic (exact) mass is 1860 g/mol. The van der Waals surface area contributed by atoms with Crippen molar-refractivity contribution in [2.45, 2.75) is 267 Å². The summed E-state index contributed by atoms with van der Waals surface area (Å²) in [6, 6.07) is -26.2. The van der Waals surface area contributed by atoms with Gasteiger partial charge in [0.15, 0.2) is 5.96 Å². The lowest BCUT2D eigenvalue weighted by atomic mass is 10.0. The third-order valence-corrected chi connectivity index (χ3v) is 21.8. The maximum Gasteiger partial charge on any atom is 0.326 e. The second-order valence-corrected chi connectivity index (χ2v) is 32.6. The predicted molar refractivity (Wildman–Crippen MR) is 452 cm³/mol. The van der Waals surface area contributed by atoms with Crippen molar-refractivity contribution in [3.63, 3.8) is 0 Å². The van der Waals surface area contributed by atoms with Crippen LogP contribution in [0.3, 0.4) is 0 Å². The third kappa shape index (κ3) is 33.5. The van der Waals surface area contributed by atoms with Crippen LogP contribution in [0.5, 0.6) is 0 Å². The quantitative estimate of drug-likeness (QED) is 0.0164. The van der Waals surface area contributed by atoms with Crippen LogP contribution >= 0.6 is 0 Å². The molecule has 0 aliphatic carbocycles. The smallest absolute Gasteiger partial charge is 0.326 e. The molecular weight excluding hydrogens is 1740 g/mol. The first-order chi connectivity index (χ1) is 61.7. The summed E-state index contributed by atoms with van der Waals surface area (Å²) in [6.45, 7) is 7.56. The van der Waals surface area contributed by atoms with E-state index in [0.717, 1.165) is 30.1 Å². The number of guanidine groups is 1. The summed E-state index contributed by atoms with van der Waals surface area (Å²) in [6.07, 6.45) is 0.147. The summed E-state index contributed by atoms with van der Waals surface area (Å²) in [5.74, 6) is -22.2. The van der Waals surface area contributed by atoms with Crippen molar-refractivity contribution in [1.29, 1.82) is 5.41 Å². The van der Waals surface area contributed by atoms with Crippen molar-refractivity contribution >= 4 is 130 Å². The third-order valence-electron chi connectivity index (χ3n) is 21.8. The van der Waals surface area contributed by atoms with Gasteiger partial charge in [-0.3, -0.25) is 101 Å². The lowest BCUT2D eigenvalue weighted by Gasteiger charge is -2.30. The number of rotatable bonds is 51. The minimum atomic E-state index is -1.91. The number of carboxylic acids is 2. The zero-order valence-electron chi connectivity index (χ0n) is 74.1. The number of carbonyl (C=O) groups excluding carboxylic acids is 19.